The molecule has 6 nitrogen and oxygen atoms in total. The zero-order chi connectivity index (χ0) is 19.5. The van der Waals surface area contributed by atoms with Gasteiger partial charge in [-0.05, 0) is 55.5 Å². The lowest BCUT2D eigenvalue weighted by Crippen LogP contribution is -2.32. The fourth-order valence-corrected chi connectivity index (χ4v) is 3.33. The molecular formula is C22H21N3O3. The summed E-state index contributed by atoms with van der Waals surface area (Å²) in [5, 5.41) is 3.42. The highest BCUT2D eigenvalue weighted by Crippen LogP contribution is 2.37. The van der Waals surface area contributed by atoms with Crippen molar-refractivity contribution in [3.63, 3.8) is 0 Å². The van der Waals surface area contributed by atoms with Crippen molar-refractivity contribution in [3.8, 4) is 11.5 Å². The maximum absolute atomic E-state index is 13.1. The van der Waals surface area contributed by atoms with E-state index in [1.165, 1.54) is 0 Å². The number of nitrogens with zero attached hydrogens (tertiary/aromatic N) is 2. The van der Waals surface area contributed by atoms with Gasteiger partial charge in [0, 0.05) is 23.6 Å². The van der Waals surface area contributed by atoms with Gasteiger partial charge in [-0.15, -0.1) is 0 Å². The number of carbonyl (C=O) groups excluding carboxylic acids is 1. The van der Waals surface area contributed by atoms with Gasteiger partial charge in [-0.2, -0.15) is 0 Å². The lowest BCUT2D eigenvalue weighted by Gasteiger charge is -2.27. The monoisotopic (exact) mass is 375 g/mol. The summed E-state index contributed by atoms with van der Waals surface area (Å²) in [6.07, 6.45) is 1.28. The van der Waals surface area contributed by atoms with E-state index in [2.05, 4.69) is 10.3 Å². The van der Waals surface area contributed by atoms with Crippen LogP contribution in [-0.4, -0.2) is 24.6 Å². The standard InChI is InChI=1S/C22H21N3O3/c1-3-28-17-11-9-16(10-12-17)25-21(20-19(22(25)26)8-5-13-23-20)24-15-6-4-7-18(14-15)27-2/h4-14,21,24H,3H2,1-2H3/t21-/m0/s1. The molecule has 142 valence electrons. The molecule has 0 bridgehead atoms. The molecular weight excluding hydrogens is 354 g/mol. The number of methoxy groups -OCH3 is 1. The van der Waals surface area contributed by atoms with E-state index in [4.69, 9.17) is 9.47 Å². The molecule has 0 fully saturated rings. The number of amides is 1. The Balaban J connectivity index is 1.72. The first-order valence-electron chi connectivity index (χ1n) is 9.13. The molecule has 6 heteroatoms. The molecule has 0 saturated carbocycles. The van der Waals surface area contributed by atoms with Gasteiger partial charge in [-0.25, -0.2) is 0 Å². The summed E-state index contributed by atoms with van der Waals surface area (Å²) < 4.78 is 10.8. The summed E-state index contributed by atoms with van der Waals surface area (Å²) in [7, 11) is 1.63. The van der Waals surface area contributed by atoms with Gasteiger partial charge in [0.2, 0.25) is 0 Å². The topological polar surface area (TPSA) is 63.7 Å². The molecule has 2 aromatic carbocycles. The number of hydrogen-bond acceptors (Lipinski definition) is 5. The first kappa shape index (κ1) is 17.9. The second-order valence-electron chi connectivity index (χ2n) is 6.32. The number of nitrogens with one attached hydrogen (secondary N) is 1. The van der Waals surface area contributed by atoms with E-state index in [0.717, 1.165) is 22.9 Å². The van der Waals surface area contributed by atoms with Gasteiger partial charge in [-0.3, -0.25) is 14.7 Å². The minimum absolute atomic E-state index is 0.0901. The molecule has 2 heterocycles. The van der Waals surface area contributed by atoms with Crippen molar-refractivity contribution in [2.45, 2.75) is 13.1 Å². The molecule has 1 amide bonds. The minimum Gasteiger partial charge on any atom is -0.497 e. The predicted molar refractivity (Wildman–Crippen MR) is 108 cm³/mol. The van der Waals surface area contributed by atoms with Gasteiger partial charge in [0.1, 0.15) is 11.5 Å². The molecule has 0 unspecified atom stereocenters. The van der Waals surface area contributed by atoms with Crippen LogP contribution >= 0.6 is 0 Å². The van der Waals surface area contributed by atoms with E-state index in [1.807, 2.05) is 55.5 Å². The predicted octanol–water partition coefficient (Wildman–Crippen LogP) is 4.26. The third-order valence-corrected chi connectivity index (χ3v) is 4.60. The van der Waals surface area contributed by atoms with Gasteiger partial charge in [0.05, 0.1) is 25.0 Å². The molecule has 3 aromatic rings. The molecule has 0 radical (unpaired) electrons. The van der Waals surface area contributed by atoms with Crippen molar-refractivity contribution in [1.29, 1.82) is 0 Å². The van der Waals surface area contributed by atoms with Crippen molar-refractivity contribution in [2.24, 2.45) is 0 Å². The van der Waals surface area contributed by atoms with Crippen LogP contribution in [-0.2, 0) is 0 Å². The minimum atomic E-state index is -0.422. The molecule has 0 spiro atoms. The number of benzene rings is 2. The Kier molecular flexibility index (Phi) is 4.85. The highest BCUT2D eigenvalue weighted by molar-refractivity contribution is 6.11. The Labute approximate surface area is 163 Å². The van der Waals surface area contributed by atoms with Crippen LogP contribution in [0.5, 0.6) is 11.5 Å². The number of pyridine rings is 1. The lowest BCUT2D eigenvalue weighted by atomic mass is 10.2. The molecule has 1 aliphatic heterocycles. The summed E-state index contributed by atoms with van der Waals surface area (Å²) in [5.41, 5.74) is 2.90. The SMILES string of the molecule is CCOc1ccc(N2C(=O)c3cccnc3[C@H]2Nc2cccc(OC)c2)cc1. The van der Waals surface area contributed by atoms with Crippen LogP contribution in [0.25, 0.3) is 0 Å². The molecule has 0 aliphatic carbocycles. The maximum Gasteiger partial charge on any atom is 0.262 e. The highest BCUT2D eigenvalue weighted by atomic mass is 16.5. The average Bonchev–Trinajstić information content (AvgIpc) is 3.01. The van der Waals surface area contributed by atoms with Crippen molar-refractivity contribution in [2.75, 3.05) is 23.9 Å². The van der Waals surface area contributed by atoms with Crippen LogP contribution in [0, 0.1) is 0 Å². The van der Waals surface area contributed by atoms with E-state index in [-0.39, 0.29) is 5.91 Å². The number of aromatic nitrogens is 1. The first-order chi connectivity index (χ1) is 13.7. The Morgan fingerprint density at radius 3 is 2.64 bits per heavy atom. The van der Waals surface area contributed by atoms with Crippen LogP contribution in [0.15, 0.2) is 66.9 Å². The maximum atomic E-state index is 13.1. The zero-order valence-electron chi connectivity index (χ0n) is 15.8. The number of rotatable bonds is 6. The second-order valence-corrected chi connectivity index (χ2v) is 6.32. The van der Waals surface area contributed by atoms with Crippen LogP contribution in [0.1, 0.15) is 29.1 Å². The van der Waals surface area contributed by atoms with Gasteiger partial charge in [0.15, 0.2) is 6.17 Å². The van der Waals surface area contributed by atoms with Crippen LogP contribution in [0.4, 0.5) is 11.4 Å². The van der Waals surface area contributed by atoms with Gasteiger partial charge >= 0.3 is 0 Å². The second kappa shape index (κ2) is 7.60. The largest absolute Gasteiger partial charge is 0.497 e. The summed E-state index contributed by atoms with van der Waals surface area (Å²) >= 11 is 0. The van der Waals surface area contributed by atoms with Crippen molar-refractivity contribution < 1.29 is 14.3 Å². The number of anilines is 2. The Morgan fingerprint density at radius 1 is 1.07 bits per heavy atom. The van der Waals surface area contributed by atoms with Crippen LogP contribution < -0.4 is 19.7 Å². The number of ether oxygens (including phenoxy) is 2. The Bertz CT molecular complexity index is 988. The third kappa shape index (κ3) is 3.24. The molecule has 28 heavy (non-hydrogen) atoms. The highest BCUT2D eigenvalue weighted by Gasteiger charge is 2.39. The van der Waals surface area contributed by atoms with Gasteiger partial charge < -0.3 is 14.8 Å². The molecule has 1 atom stereocenters. The van der Waals surface area contributed by atoms with E-state index < -0.39 is 6.17 Å². The average molecular weight is 375 g/mol. The molecule has 1 aromatic heterocycles. The van der Waals surface area contributed by atoms with Crippen molar-refractivity contribution >= 4 is 17.3 Å². The normalized spacial score (nSPS) is 15.3. The first-order valence-corrected chi connectivity index (χ1v) is 9.13. The quantitative estimate of drug-likeness (QED) is 0.697. The lowest BCUT2D eigenvalue weighted by molar-refractivity contribution is 0.0993. The van der Waals surface area contributed by atoms with Crippen molar-refractivity contribution in [3.05, 3.63) is 78.1 Å². The zero-order valence-corrected chi connectivity index (χ0v) is 15.8. The van der Waals surface area contributed by atoms with Crippen molar-refractivity contribution in [1.82, 2.24) is 4.98 Å². The Hall–Kier alpha value is -3.54. The van der Waals surface area contributed by atoms with E-state index in [0.29, 0.717) is 17.9 Å². The van der Waals surface area contributed by atoms with E-state index in [1.54, 1.807) is 30.3 Å². The fraction of sp³-hybridized carbons (Fsp3) is 0.182. The van der Waals surface area contributed by atoms with E-state index in [9.17, 15) is 4.79 Å². The number of carbonyl (C=O) groups is 1. The molecule has 1 N–H and O–H groups in total. The molecule has 0 saturated heterocycles. The Morgan fingerprint density at radius 2 is 1.89 bits per heavy atom. The molecule has 1 aliphatic rings. The summed E-state index contributed by atoms with van der Waals surface area (Å²) in [6.45, 7) is 2.53. The summed E-state index contributed by atoms with van der Waals surface area (Å²) in [5.74, 6) is 1.42. The number of fused-ring (bicyclic) bond motifs is 1. The number of hydrogen-bond donors (Lipinski definition) is 1. The molecule has 4 rings (SSSR count). The summed E-state index contributed by atoms with van der Waals surface area (Å²) in [4.78, 5) is 19.3. The van der Waals surface area contributed by atoms with Gasteiger partial charge in [0.25, 0.3) is 5.91 Å². The van der Waals surface area contributed by atoms with Crippen LogP contribution in [0.2, 0.25) is 0 Å². The van der Waals surface area contributed by atoms with E-state index >= 15 is 0 Å². The fourth-order valence-electron chi connectivity index (χ4n) is 3.33. The third-order valence-electron chi connectivity index (χ3n) is 4.60. The summed E-state index contributed by atoms with van der Waals surface area (Å²) in [6, 6.07) is 18.7. The van der Waals surface area contributed by atoms with Crippen LogP contribution in [0.3, 0.4) is 0 Å². The van der Waals surface area contributed by atoms with Gasteiger partial charge in [-0.1, -0.05) is 6.07 Å². The smallest absolute Gasteiger partial charge is 0.262 e.